The van der Waals surface area contributed by atoms with Gasteiger partial charge < -0.3 is 14.5 Å². The highest BCUT2D eigenvalue weighted by Crippen LogP contribution is 2.19. The summed E-state index contributed by atoms with van der Waals surface area (Å²) < 4.78 is 4.42. The molecule has 5 heteroatoms. The van der Waals surface area contributed by atoms with E-state index in [9.17, 15) is 0 Å². The average Bonchev–Trinajstić information content (AvgIpc) is 3.02. The van der Waals surface area contributed by atoms with Crippen molar-refractivity contribution in [2.24, 2.45) is 7.05 Å². The van der Waals surface area contributed by atoms with Crippen molar-refractivity contribution in [2.75, 3.05) is 0 Å². The van der Waals surface area contributed by atoms with Gasteiger partial charge in [-0.25, -0.2) is 0 Å². The second kappa shape index (κ2) is 5.17. The molecule has 5 nitrogen and oxygen atoms in total. The lowest BCUT2D eigenvalue weighted by Gasteiger charge is -2.19. The maximum absolute atomic E-state index is 4.36. The Balaban J connectivity index is 1.69. The summed E-state index contributed by atoms with van der Waals surface area (Å²) in [6, 6.07) is 4.44. The zero-order valence-corrected chi connectivity index (χ0v) is 11.6. The van der Waals surface area contributed by atoms with Crippen LogP contribution in [0.15, 0.2) is 18.3 Å². The van der Waals surface area contributed by atoms with E-state index in [4.69, 9.17) is 0 Å². The molecule has 1 aliphatic heterocycles. The van der Waals surface area contributed by atoms with Crippen LogP contribution in [0.2, 0.25) is 0 Å². The standard InChI is InChI=1S/C14H21N5/c1-11(15-10-12-6-5-8-18(12)2)14-17-16-13-7-3-4-9-19(13)14/h5-6,8,11,15H,3-4,7,9-10H2,1-2H3/t11-/m0/s1. The first-order valence-electron chi connectivity index (χ1n) is 7.01. The third kappa shape index (κ3) is 2.42. The molecule has 0 aromatic carbocycles. The van der Waals surface area contributed by atoms with Crippen molar-refractivity contribution < 1.29 is 0 Å². The second-order valence-electron chi connectivity index (χ2n) is 5.30. The minimum Gasteiger partial charge on any atom is -0.353 e. The van der Waals surface area contributed by atoms with Crippen LogP contribution in [0.1, 0.15) is 43.1 Å². The fourth-order valence-corrected chi connectivity index (χ4v) is 2.68. The molecule has 3 heterocycles. The monoisotopic (exact) mass is 259 g/mol. The van der Waals surface area contributed by atoms with E-state index < -0.39 is 0 Å². The van der Waals surface area contributed by atoms with Gasteiger partial charge in [0.1, 0.15) is 11.6 Å². The fraction of sp³-hybridized carbons (Fsp3) is 0.571. The third-order valence-electron chi connectivity index (χ3n) is 3.92. The zero-order valence-electron chi connectivity index (χ0n) is 11.6. The van der Waals surface area contributed by atoms with Gasteiger partial charge in [-0.15, -0.1) is 10.2 Å². The summed E-state index contributed by atoms with van der Waals surface area (Å²) >= 11 is 0. The first-order chi connectivity index (χ1) is 9.25. The second-order valence-corrected chi connectivity index (χ2v) is 5.30. The molecule has 0 saturated heterocycles. The van der Waals surface area contributed by atoms with Crippen LogP contribution in [-0.4, -0.2) is 19.3 Å². The predicted molar refractivity (Wildman–Crippen MR) is 73.6 cm³/mol. The molecule has 0 saturated carbocycles. The van der Waals surface area contributed by atoms with Crippen molar-refractivity contribution in [2.45, 2.75) is 45.3 Å². The van der Waals surface area contributed by atoms with E-state index in [0.717, 1.165) is 31.2 Å². The van der Waals surface area contributed by atoms with E-state index in [1.165, 1.54) is 18.5 Å². The maximum atomic E-state index is 4.36. The Morgan fingerprint density at radius 2 is 2.26 bits per heavy atom. The molecule has 0 spiro atoms. The molecular weight excluding hydrogens is 238 g/mol. The van der Waals surface area contributed by atoms with E-state index in [0.29, 0.717) is 0 Å². The van der Waals surface area contributed by atoms with Gasteiger partial charge in [-0.2, -0.15) is 0 Å². The van der Waals surface area contributed by atoms with Crippen molar-refractivity contribution in [3.05, 3.63) is 35.7 Å². The summed E-state index contributed by atoms with van der Waals surface area (Å²) in [5.74, 6) is 2.22. The topological polar surface area (TPSA) is 47.7 Å². The quantitative estimate of drug-likeness (QED) is 0.911. The number of nitrogens with one attached hydrogen (secondary N) is 1. The molecule has 1 atom stereocenters. The predicted octanol–water partition coefficient (Wildman–Crippen LogP) is 1.80. The van der Waals surface area contributed by atoms with Crippen molar-refractivity contribution >= 4 is 0 Å². The maximum Gasteiger partial charge on any atom is 0.149 e. The number of aromatic nitrogens is 4. The molecule has 0 bridgehead atoms. The number of nitrogens with zero attached hydrogens (tertiary/aromatic N) is 4. The van der Waals surface area contributed by atoms with Gasteiger partial charge in [0.25, 0.3) is 0 Å². The van der Waals surface area contributed by atoms with Crippen molar-refractivity contribution in [1.29, 1.82) is 0 Å². The van der Waals surface area contributed by atoms with Crippen molar-refractivity contribution in [3.63, 3.8) is 0 Å². The summed E-state index contributed by atoms with van der Waals surface area (Å²) in [5.41, 5.74) is 1.28. The van der Waals surface area contributed by atoms with Crippen LogP contribution in [-0.2, 0) is 26.6 Å². The van der Waals surface area contributed by atoms with Gasteiger partial charge in [0.05, 0.1) is 6.04 Å². The van der Waals surface area contributed by atoms with Gasteiger partial charge >= 0.3 is 0 Å². The van der Waals surface area contributed by atoms with Crippen LogP contribution in [0, 0.1) is 0 Å². The summed E-state index contributed by atoms with van der Waals surface area (Å²) in [5, 5.41) is 12.2. The van der Waals surface area contributed by atoms with E-state index in [1.54, 1.807) is 0 Å². The highest BCUT2D eigenvalue weighted by atomic mass is 15.3. The summed E-state index contributed by atoms with van der Waals surface area (Å²) in [4.78, 5) is 0. The highest BCUT2D eigenvalue weighted by Gasteiger charge is 2.19. The number of hydrogen-bond donors (Lipinski definition) is 1. The first kappa shape index (κ1) is 12.4. The molecule has 0 amide bonds. The lowest BCUT2D eigenvalue weighted by Crippen LogP contribution is -2.24. The van der Waals surface area contributed by atoms with Crippen molar-refractivity contribution in [3.8, 4) is 0 Å². The molecule has 0 unspecified atom stereocenters. The van der Waals surface area contributed by atoms with Gasteiger partial charge in [-0.05, 0) is 31.9 Å². The molecule has 2 aromatic heterocycles. The van der Waals surface area contributed by atoms with Crippen molar-refractivity contribution in [1.82, 2.24) is 24.6 Å². The van der Waals surface area contributed by atoms with Gasteiger partial charge in [0.15, 0.2) is 0 Å². The number of rotatable bonds is 4. The third-order valence-corrected chi connectivity index (χ3v) is 3.92. The number of fused-ring (bicyclic) bond motifs is 1. The summed E-state index contributed by atoms with van der Waals surface area (Å²) in [6.45, 7) is 4.08. The minimum atomic E-state index is 0.231. The van der Waals surface area contributed by atoms with Crippen LogP contribution in [0.4, 0.5) is 0 Å². The molecule has 3 rings (SSSR count). The fourth-order valence-electron chi connectivity index (χ4n) is 2.68. The van der Waals surface area contributed by atoms with E-state index >= 15 is 0 Å². The van der Waals surface area contributed by atoms with Gasteiger partial charge in [0.2, 0.25) is 0 Å². The van der Waals surface area contributed by atoms with Crippen LogP contribution < -0.4 is 5.32 Å². The Labute approximate surface area is 113 Å². The minimum absolute atomic E-state index is 0.231. The SMILES string of the molecule is C[C@H](NCc1cccn1C)c1nnc2n1CCCC2. The molecule has 0 radical (unpaired) electrons. The summed E-state index contributed by atoms with van der Waals surface area (Å²) in [6.07, 6.45) is 5.62. The van der Waals surface area contributed by atoms with E-state index in [-0.39, 0.29) is 6.04 Å². The lowest BCUT2D eigenvalue weighted by atomic mass is 10.1. The summed E-state index contributed by atoms with van der Waals surface area (Å²) in [7, 11) is 2.07. The Morgan fingerprint density at radius 1 is 1.37 bits per heavy atom. The number of aryl methyl sites for hydroxylation is 2. The molecule has 19 heavy (non-hydrogen) atoms. The van der Waals surface area contributed by atoms with Crippen LogP contribution in [0.5, 0.6) is 0 Å². The smallest absolute Gasteiger partial charge is 0.149 e. The molecule has 0 aliphatic carbocycles. The van der Waals surface area contributed by atoms with Gasteiger partial charge in [0, 0.05) is 38.4 Å². The largest absolute Gasteiger partial charge is 0.353 e. The molecular formula is C14H21N5. The van der Waals surface area contributed by atoms with E-state index in [2.05, 4.69) is 56.9 Å². The Morgan fingerprint density at radius 3 is 3.05 bits per heavy atom. The molecule has 1 N–H and O–H groups in total. The van der Waals surface area contributed by atoms with Crippen LogP contribution in [0.25, 0.3) is 0 Å². The number of hydrogen-bond acceptors (Lipinski definition) is 3. The molecule has 1 aliphatic rings. The Hall–Kier alpha value is -1.62. The van der Waals surface area contributed by atoms with Gasteiger partial charge in [-0.3, -0.25) is 0 Å². The highest BCUT2D eigenvalue weighted by molar-refractivity contribution is 5.08. The van der Waals surface area contributed by atoms with Gasteiger partial charge in [-0.1, -0.05) is 0 Å². The first-order valence-corrected chi connectivity index (χ1v) is 7.01. The van der Waals surface area contributed by atoms with E-state index in [1.807, 2.05) is 0 Å². The molecule has 102 valence electrons. The lowest BCUT2D eigenvalue weighted by molar-refractivity contribution is 0.462. The molecule has 2 aromatic rings. The van der Waals surface area contributed by atoms with Crippen LogP contribution in [0.3, 0.4) is 0 Å². The average molecular weight is 259 g/mol. The Bertz CT molecular complexity index is 554. The van der Waals surface area contributed by atoms with Crippen LogP contribution >= 0.6 is 0 Å². The normalized spacial score (nSPS) is 16.3. The molecule has 0 fully saturated rings. The Kier molecular flexibility index (Phi) is 3.38. The zero-order chi connectivity index (χ0) is 13.2.